The highest BCUT2D eigenvalue weighted by molar-refractivity contribution is 6.39. The minimum absolute atomic E-state index is 0.394. The average molecular weight is 266 g/mol. The Balaban J connectivity index is 1.94. The monoisotopic (exact) mass is 266 g/mol. The molecule has 1 aromatic carbocycles. The summed E-state index contributed by atoms with van der Waals surface area (Å²) in [5, 5.41) is 2.45. The van der Waals surface area contributed by atoms with Crippen molar-refractivity contribution >= 4 is 17.5 Å². The molecule has 0 radical (unpaired) electrons. The molecule has 1 aliphatic rings. The lowest BCUT2D eigenvalue weighted by Crippen LogP contribution is -2.41. The zero-order valence-electron chi connectivity index (χ0n) is 10.4. The van der Waals surface area contributed by atoms with E-state index in [2.05, 4.69) is 5.32 Å². The molecule has 1 heterocycles. The van der Waals surface area contributed by atoms with E-state index in [-0.39, 0.29) is 0 Å². The second-order valence-corrected chi connectivity index (χ2v) is 4.22. The number of halogens is 1. The highest BCUT2D eigenvalue weighted by Gasteiger charge is 2.22. The third-order valence-corrected chi connectivity index (χ3v) is 2.81. The molecule has 1 aliphatic heterocycles. The summed E-state index contributed by atoms with van der Waals surface area (Å²) in [7, 11) is 0. The molecule has 0 aliphatic carbocycles. The predicted octanol–water partition coefficient (Wildman–Crippen LogP) is 1.01. The number of rotatable bonds is 1. The molecule has 0 atom stereocenters. The zero-order valence-corrected chi connectivity index (χ0v) is 10.4. The van der Waals surface area contributed by atoms with Crippen LogP contribution in [0.4, 0.5) is 10.1 Å². The summed E-state index contributed by atoms with van der Waals surface area (Å²) in [4.78, 5) is 25.1. The SMILES string of the molecule is O=C(Nc1ccc(F)cc1)C(=O)N1CCCOCC1. The number of amides is 2. The number of nitrogens with zero attached hydrogens (tertiary/aromatic N) is 1. The number of carbonyl (C=O) groups excluding carboxylic acids is 2. The van der Waals surface area contributed by atoms with Crippen LogP contribution < -0.4 is 5.32 Å². The molecule has 19 heavy (non-hydrogen) atoms. The Morgan fingerprint density at radius 3 is 2.63 bits per heavy atom. The molecular weight excluding hydrogens is 251 g/mol. The first kappa shape index (κ1) is 13.5. The Bertz CT molecular complexity index is 453. The van der Waals surface area contributed by atoms with Gasteiger partial charge in [0.05, 0.1) is 6.61 Å². The smallest absolute Gasteiger partial charge is 0.313 e. The van der Waals surface area contributed by atoms with Gasteiger partial charge in [0.1, 0.15) is 5.82 Å². The van der Waals surface area contributed by atoms with Crippen molar-refractivity contribution < 1.29 is 18.7 Å². The first-order valence-corrected chi connectivity index (χ1v) is 6.10. The summed E-state index contributed by atoms with van der Waals surface area (Å²) in [6, 6.07) is 5.26. The number of anilines is 1. The molecule has 1 fully saturated rings. The van der Waals surface area contributed by atoms with Gasteiger partial charge < -0.3 is 15.0 Å². The van der Waals surface area contributed by atoms with Crippen LogP contribution in [0.1, 0.15) is 6.42 Å². The van der Waals surface area contributed by atoms with Crippen molar-refractivity contribution in [2.45, 2.75) is 6.42 Å². The number of carbonyl (C=O) groups is 2. The van der Waals surface area contributed by atoms with Gasteiger partial charge in [-0.05, 0) is 30.7 Å². The van der Waals surface area contributed by atoms with Gasteiger partial charge in [0.25, 0.3) is 0 Å². The van der Waals surface area contributed by atoms with Gasteiger partial charge in [0.2, 0.25) is 0 Å². The maximum atomic E-state index is 12.7. The van der Waals surface area contributed by atoms with Crippen LogP contribution in [-0.2, 0) is 14.3 Å². The molecule has 1 N–H and O–H groups in total. The number of benzene rings is 1. The van der Waals surface area contributed by atoms with Crippen LogP contribution in [-0.4, -0.2) is 43.0 Å². The molecule has 0 bridgehead atoms. The molecular formula is C13H15FN2O3. The van der Waals surface area contributed by atoms with Gasteiger partial charge in [-0.1, -0.05) is 0 Å². The van der Waals surface area contributed by atoms with Crippen LogP contribution in [0.15, 0.2) is 24.3 Å². The summed E-state index contributed by atoms with van der Waals surface area (Å²) in [6.07, 6.45) is 0.718. The second kappa shape index (κ2) is 6.29. The van der Waals surface area contributed by atoms with Crippen molar-refractivity contribution in [3.63, 3.8) is 0 Å². The molecule has 6 heteroatoms. The number of hydrogen-bond donors (Lipinski definition) is 1. The number of hydrogen-bond acceptors (Lipinski definition) is 3. The predicted molar refractivity (Wildman–Crippen MR) is 67.0 cm³/mol. The molecule has 2 rings (SSSR count). The van der Waals surface area contributed by atoms with Gasteiger partial charge in [-0.3, -0.25) is 9.59 Å². The molecule has 0 aromatic heterocycles. The summed E-state index contributed by atoms with van der Waals surface area (Å²) in [6.45, 7) is 1.96. The van der Waals surface area contributed by atoms with Crippen molar-refractivity contribution in [1.29, 1.82) is 0 Å². The highest BCUT2D eigenvalue weighted by atomic mass is 19.1. The lowest BCUT2D eigenvalue weighted by Gasteiger charge is -2.18. The lowest BCUT2D eigenvalue weighted by atomic mass is 10.3. The molecule has 1 saturated heterocycles. The molecule has 1 aromatic rings. The van der Waals surface area contributed by atoms with Crippen molar-refractivity contribution in [2.75, 3.05) is 31.6 Å². The Kier molecular flexibility index (Phi) is 4.46. The number of nitrogens with one attached hydrogen (secondary N) is 1. The normalized spacial score (nSPS) is 15.7. The summed E-state index contributed by atoms with van der Waals surface area (Å²) < 4.78 is 17.9. The Labute approximate surface area is 110 Å². The van der Waals surface area contributed by atoms with Crippen LogP contribution in [0.2, 0.25) is 0 Å². The second-order valence-electron chi connectivity index (χ2n) is 4.22. The van der Waals surface area contributed by atoms with E-state index in [4.69, 9.17) is 4.74 Å². The minimum atomic E-state index is -0.714. The molecule has 102 valence electrons. The minimum Gasteiger partial charge on any atom is -0.380 e. The van der Waals surface area contributed by atoms with Crippen LogP contribution in [0.3, 0.4) is 0 Å². The van der Waals surface area contributed by atoms with Gasteiger partial charge in [-0.15, -0.1) is 0 Å². The number of ether oxygens (including phenoxy) is 1. The average Bonchev–Trinajstić information content (AvgIpc) is 2.69. The van der Waals surface area contributed by atoms with E-state index in [0.29, 0.717) is 32.0 Å². The van der Waals surface area contributed by atoms with E-state index in [1.807, 2.05) is 0 Å². The van der Waals surface area contributed by atoms with Crippen LogP contribution >= 0.6 is 0 Å². The maximum absolute atomic E-state index is 12.7. The Morgan fingerprint density at radius 1 is 1.16 bits per heavy atom. The molecule has 0 spiro atoms. The van der Waals surface area contributed by atoms with Gasteiger partial charge in [-0.2, -0.15) is 0 Å². The first-order chi connectivity index (χ1) is 9.16. The lowest BCUT2D eigenvalue weighted by molar-refractivity contribution is -0.143. The molecule has 0 unspecified atom stereocenters. The maximum Gasteiger partial charge on any atom is 0.313 e. The fraction of sp³-hybridized carbons (Fsp3) is 0.385. The molecule has 0 saturated carbocycles. The van der Waals surface area contributed by atoms with Gasteiger partial charge in [-0.25, -0.2) is 4.39 Å². The summed E-state index contributed by atoms with van der Waals surface area (Å²) in [5.74, 6) is -1.70. The first-order valence-electron chi connectivity index (χ1n) is 6.10. The van der Waals surface area contributed by atoms with E-state index in [0.717, 1.165) is 6.42 Å². The van der Waals surface area contributed by atoms with Gasteiger partial charge in [0, 0.05) is 25.4 Å². The van der Waals surface area contributed by atoms with E-state index in [9.17, 15) is 14.0 Å². The van der Waals surface area contributed by atoms with E-state index in [1.165, 1.54) is 29.2 Å². The topological polar surface area (TPSA) is 58.6 Å². The van der Waals surface area contributed by atoms with E-state index >= 15 is 0 Å². The van der Waals surface area contributed by atoms with Gasteiger partial charge >= 0.3 is 11.8 Å². The van der Waals surface area contributed by atoms with Crippen LogP contribution in [0.25, 0.3) is 0 Å². The van der Waals surface area contributed by atoms with E-state index in [1.54, 1.807) is 0 Å². The Morgan fingerprint density at radius 2 is 1.89 bits per heavy atom. The largest absolute Gasteiger partial charge is 0.380 e. The van der Waals surface area contributed by atoms with Crippen molar-refractivity contribution in [3.05, 3.63) is 30.1 Å². The third-order valence-electron chi connectivity index (χ3n) is 2.81. The van der Waals surface area contributed by atoms with Crippen molar-refractivity contribution in [2.24, 2.45) is 0 Å². The Hall–Kier alpha value is -1.95. The van der Waals surface area contributed by atoms with Gasteiger partial charge in [0.15, 0.2) is 0 Å². The fourth-order valence-electron chi connectivity index (χ4n) is 1.81. The van der Waals surface area contributed by atoms with E-state index < -0.39 is 17.6 Å². The fourth-order valence-corrected chi connectivity index (χ4v) is 1.81. The zero-order chi connectivity index (χ0) is 13.7. The molecule has 2 amide bonds. The quantitative estimate of drug-likeness (QED) is 0.772. The van der Waals surface area contributed by atoms with Crippen molar-refractivity contribution in [1.82, 2.24) is 4.90 Å². The standard InChI is InChI=1S/C13H15FN2O3/c14-10-2-4-11(5-3-10)15-12(17)13(18)16-6-1-8-19-9-7-16/h2-5H,1,6-9H2,(H,15,17). The van der Waals surface area contributed by atoms with Crippen LogP contribution in [0.5, 0.6) is 0 Å². The summed E-state index contributed by atoms with van der Waals surface area (Å²) >= 11 is 0. The van der Waals surface area contributed by atoms with Crippen LogP contribution in [0, 0.1) is 5.82 Å². The van der Waals surface area contributed by atoms with Crippen molar-refractivity contribution in [3.8, 4) is 0 Å². The summed E-state index contributed by atoms with van der Waals surface area (Å²) in [5.41, 5.74) is 0.394. The third kappa shape index (κ3) is 3.75. The highest BCUT2D eigenvalue weighted by Crippen LogP contribution is 2.09. The molecule has 5 nitrogen and oxygen atoms in total.